The normalized spacial score (nSPS) is 13.7. The average molecular weight is 405 g/mol. The standard InChI is InChI=1S/C19H36NO6P/c1-3-4-5-6-7-8-9-10-11-12-13-14-15-19(22)18(20-17(2)21)16-26-27(23,24)25/h14-16,19,22H,3-13H2,1-2H3,(H,20,21)(H2,23,24,25)/b15-14+,18-16-. The van der Waals surface area contributed by atoms with Crippen molar-refractivity contribution in [3.63, 3.8) is 0 Å². The average Bonchev–Trinajstić information content (AvgIpc) is 2.58. The SMILES string of the molecule is CCCCCCCCCCCC/C=C/C(O)/C(=C/OP(=O)(O)O)NC(C)=O. The van der Waals surface area contributed by atoms with Crippen LogP contribution < -0.4 is 5.32 Å². The number of phosphoric ester groups is 1. The summed E-state index contributed by atoms with van der Waals surface area (Å²) < 4.78 is 15.0. The van der Waals surface area contributed by atoms with E-state index in [1.54, 1.807) is 6.08 Å². The van der Waals surface area contributed by atoms with Gasteiger partial charge in [0.25, 0.3) is 0 Å². The predicted molar refractivity (Wildman–Crippen MR) is 107 cm³/mol. The molecule has 1 amide bonds. The Morgan fingerprint density at radius 3 is 2.04 bits per heavy atom. The van der Waals surface area contributed by atoms with Crippen LogP contribution in [0.2, 0.25) is 0 Å². The molecule has 0 aromatic heterocycles. The van der Waals surface area contributed by atoms with E-state index in [2.05, 4.69) is 16.8 Å². The highest BCUT2D eigenvalue weighted by atomic mass is 31.2. The maximum atomic E-state index is 11.1. The third kappa shape index (κ3) is 18.0. The summed E-state index contributed by atoms with van der Waals surface area (Å²) in [4.78, 5) is 28.5. The van der Waals surface area contributed by atoms with Crippen LogP contribution in [-0.4, -0.2) is 26.9 Å². The van der Waals surface area contributed by atoms with E-state index in [1.165, 1.54) is 64.4 Å². The maximum Gasteiger partial charge on any atom is 0.524 e. The van der Waals surface area contributed by atoms with Gasteiger partial charge in [0.15, 0.2) is 0 Å². The van der Waals surface area contributed by atoms with Crippen LogP contribution in [-0.2, 0) is 13.9 Å². The number of rotatable bonds is 16. The van der Waals surface area contributed by atoms with Crippen molar-refractivity contribution in [3.8, 4) is 0 Å². The maximum absolute atomic E-state index is 11.1. The van der Waals surface area contributed by atoms with Crippen molar-refractivity contribution in [3.05, 3.63) is 24.1 Å². The number of amides is 1. The van der Waals surface area contributed by atoms with Gasteiger partial charge in [-0.2, -0.15) is 0 Å². The highest BCUT2D eigenvalue weighted by Crippen LogP contribution is 2.36. The van der Waals surface area contributed by atoms with Crippen molar-refractivity contribution in [1.82, 2.24) is 5.32 Å². The van der Waals surface area contributed by atoms with Crippen molar-refractivity contribution < 1.29 is 28.8 Å². The summed E-state index contributed by atoms with van der Waals surface area (Å²) in [5.41, 5.74) is -0.120. The number of carbonyl (C=O) groups excluding carboxylic acids is 1. The van der Waals surface area contributed by atoms with Gasteiger partial charge in [-0.05, 0) is 12.8 Å². The molecule has 27 heavy (non-hydrogen) atoms. The molecule has 0 fully saturated rings. The summed E-state index contributed by atoms with van der Waals surface area (Å²) >= 11 is 0. The first kappa shape index (κ1) is 25.9. The molecule has 1 atom stereocenters. The number of aliphatic hydroxyl groups is 1. The summed E-state index contributed by atoms with van der Waals surface area (Å²) in [5, 5.41) is 12.3. The highest BCUT2D eigenvalue weighted by Gasteiger charge is 2.16. The minimum Gasteiger partial charge on any atom is -0.410 e. The molecule has 7 nitrogen and oxygen atoms in total. The first-order valence-electron chi connectivity index (χ1n) is 9.82. The topological polar surface area (TPSA) is 116 Å². The quantitative estimate of drug-likeness (QED) is 0.132. The summed E-state index contributed by atoms with van der Waals surface area (Å²) in [6, 6.07) is 0. The van der Waals surface area contributed by atoms with Gasteiger partial charge >= 0.3 is 7.82 Å². The zero-order valence-corrected chi connectivity index (χ0v) is 17.5. The summed E-state index contributed by atoms with van der Waals surface area (Å²) in [6.07, 6.45) is 16.0. The third-order valence-electron chi connectivity index (χ3n) is 4.00. The lowest BCUT2D eigenvalue weighted by Crippen LogP contribution is -2.27. The minimum atomic E-state index is -4.72. The van der Waals surface area contributed by atoms with E-state index in [0.29, 0.717) is 6.26 Å². The van der Waals surface area contributed by atoms with Gasteiger partial charge < -0.3 is 14.9 Å². The molecule has 0 saturated carbocycles. The largest absolute Gasteiger partial charge is 0.524 e. The van der Waals surface area contributed by atoms with Gasteiger partial charge in [0, 0.05) is 6.92 Å². The molecule has 0 radical (unpaired) electrons. The van der Waals surface area contributed by atoms with E-state index in [4.69, 9.17) is 9.79 Å². The lowest BCUT2D eigenvalue weighted by molar-refractivity contribution is -0.118. The molecule has 0 heterocycles. The minimum absolute atomic E-state index is 0.120. The van der Waals surface area contributed by atoms with Crippen molar-refractivity contribution in [2.45, 2.75) is 90.6 Å². The molecule has 1 unspecified atom stereocenters. The number of allylic oxidation sites excluding steroid dienone is 1. The number of nitrogens with one attached hydrogen (secondary N) is 1. The van der Waals surface area contributed by atoms with Crippen LogP contribution in [0.3, 0.4) is 0 Å². The Hall–Kier alpha value is -1.14. The lowest BCUT2D eigenvalue weighted by atomic mass is 10.1. The number of unbranched alkanes of at least 4 members (excludes halogenated alkanes) is 10. The van der Waals surface area contributed by atoms with Gasteiger partial charge in [0.2, 0.25) is 5.91 Å². The predicted octanol–water partition coefficient (Wildman–Crippen LogP) is 4.30. The van der Waals surface area contributed by atoms with Crippen molar-refractivity contribution >= 4 is 13.7 Å². The Morgan fingerprint density at radius 1 is 1.04 bits per heavy atom. The number of phosphoric acid groups is 1. The zero-order valence-electron chi connectivity index (χ0n) is 16.6. The molecular weight excluding hydrogens is 369 g/mol. The Balaban J connectivity index is 4.00. The van der Waals surface area contributed by atoms with Gasteiger partial charge in [-0.1, -0.05) is 76.9 Å². The first-order valence-corrected chi connectivity index (χ1v) is 11.4. The van der Waals surface area contributed by atoms with E-state index >= 15 is 0 Å². The number of aliphatic hydroxyl groups excluding tert-OH is 1. The van der Waals surface area contributed by atoms with Crippen LogP contribution in [0.1, 0.15) is 84.5 Å². The molecule has 0 aliphatic carbocycles. The molecular formula is C19H36NO6P. The fourth-order valence-corrected chi connectivity index (χ4v) is 2.83. The second-order valence-corrected chi connectivity index (χ2v) is 7.89. The van der Waals surface area contributed by atoms with Crippen molar-refractivity contribution in [1.29, 1.82) is 0 Å². The van der Waals surface area contributed by atoms with Crippen LogP contribution in [0.25, 0.3) is 0 Å². The van der Waals surface area contributed by atoms with Crippen LogP contribution >= 0.6 is 7.82 Å². The molecule has 0 bridgehead atoms. The molecule has 4 N–H and O–H groups in total. The molecule has 0 saturated heterocycles. The fourth-order valence-electron chi connectivity index (χ4n) is 2.58. The number of hydrogen-bond acceptors (Lipinski definition) is 4. The molecule has 0 aliphatic heterocycles. The number of hydrogen-bond donors (Lipinski definition) is 4. The van der Waals surface area contributed by atoms with E-state index in [1.807, 2.05) is 0 Å². The molecule has 0 aliphatic rings. The van der Waals surface area contributed by atoms with Crippen LogP contribution in [0.5, 0.6) is 0 Å². The summed E-state index contributed by atoms with van der Waals surface area (Å²) in [5.74, 6) is -0.474. The van der Waals surface area contributed by atoms with Crippen molar-refractivity contribution in [2.24, 2.45) is 0 Å². The van der Waals surface area contributed by atoms with Gasteiger partial charge in [-0.25, -0.2) is 4.57 Å². The van der Waals surface area contributed by atoms with Gasteiger partial charge in [-0.15, -0.1) is 0 Å². The van der Waals surface area contributed by atoms with Gasteiger partial charge in [0.05, 0.1) is 5.70 Å². The lowest BCUT2D eigenvalue weighted by Gasteiger charge is -2.12. The van der Waals surface area contributed by atoms with Crippen LogP contribution in [0.4, 0.5) is 0 Å². The Labute approximate surface area is 163 Å². The van der Waals surface area contributed by atoms with Crippen LogP contribution in [0, 0.1) is 0 Å². The second-order valence-electron chi connectivity index (χ2n) is 6.69. The highest BCUT2D eigenvalue weighted by molar-refractivity contribution is 7.46. The Kier molecular flexibility index (Phi) is 15.2. The Morgan fingerprint density at radius 2 is 1.56 bits per heavy atom. The molecule has 0 aromatic carbocycles. The van der Waals surface area contributed by atoms with Gasteiger partial charge in [-0.3, -0.25) is 14.6 Å². The fraction of sp³-hybridized carbons (Fsp3) is 0.737. The Bertz CT molecular complexity index is 500. The summed E-state index contributed by atoms with van der Waals surface area (Å²) in [6.45, 7) is 3.45. The molecule has 158 valence electrons. The summed E-state index contributed by atoms with van der Waals surface area (Å²) in [7, 11) is -4.72. The van der Waals surface area contributed by atoms with E-state index in [0.717, 1.165) is 19.3 Å². The van der Waals surface area contributed by atoms with E-state index in [-0.39, 0.29) is 5.70 Å². The smallest absolute Gasteiger partial charge is 0.410 e. The monoisotopic (exact) mass is 405 g/mol. The molecule has 0 spiro atoms. The molecule has 0 rings (SSSR count). The third-order valence-corrected chi connectivity index (χ3v) is 4.38. The molecule has 8 heteroatoms. The molecule has 0 aromatic rings. The zero-order chi connectivity index (χ0) is 20.5. The van der Waals surface area contributed by atoms with Crippen LogP contribution in [0.15, 0.2) is 24.1 Å². The van der Waals surface area contributed by atoms with Gasteiger partial charge in [0.1, 0.15) is 12.4 Å². The first-order chi connectivity index (χ1) is 12.8. The van der Waals surface area contributed by atoms with E-state index < -0.39 is 19.8 Å². The second kappa shape index (κ2) is 15.9. The van der Waals surface area contributed by atoms with E-state index in [9.17, 15) is 14.5 Å². The van der Waals surface area contributed by atoms with Crippen molar-refractivity contribution in [2.75, 3.05) is 0 Å². The number of carbonyl (C=O) groups is 1.